The molecule has 226 valence electrons. The number of esters is 2. The van der Waals surface area contributed by atoms with E-state index in [2.05, 4.69) is 6.92 Å². The monoisotopic (exact) mass is 566 g/mol. The van der Waals surface area contributed by atoms with E-state index in [1.807, 2.05) is 21.1 Å². The minimum Gasteiger partial charge on any atom is -0.462 e. The highest BCUT2D eigenvalue weighted by molar-refractivity contribution is 7.47. The van der Waals surface area contributed by atoms with Gasteiger partial charge in [-0.05, 0) is 6.42 Å². The van der Waals surface area contributed by atoms with Crippen molar-refractivity contribution < 1.29 is 42.1 Å². The van der Waals surface area contributed by atoms with E-state index >= 15 is 0 Å². The van der Waals surface area contributed by atoms with Crippen molar-refractivity contribution in [3.8, 4) is 0 Å². The summed E-state index contributed by atoms with van der Waals surface area (Å²) in [5.74, 6) is -0.987. The normalized spacial score (nSPS) is 14.2. The lowest BCUT2D eigenvalue weighted by Gasteiger charge is -2.24. The Morgan fingerprint density at radius 2 is 1.24 bits per heavy atom. The number of phosphoric acid groups is 1. The number of likely N-dealkylation sites (N-methyl/N-ethyl adjacent to an activating group) is 1. The fraction of sp³-hybridized carbons (Fsp3) is 0.929. The Labute approximate surface area is 232 Å². The summed E-state index contributed by atoms with van der Waals surface area (Å²) >= 11 is 0. The molecule has 2 atom stereocenters. The Kier molecular flexibility index (Phi) is 22.2. The quantitative estimate of drug-likeness (QED) is 0.0543. The van der Waals surface area contributed by atoms with Gasteiger partial charge in [-0.25, -0.2) is 4.57 Å². The maximum Gasteiger partial charge on any atom is 0.472 e. The summed E-state index contributed by atoms with van der Waals surface area (Å²) in [6, 6.07) is 0. The number of phosphoric ester groups is 1. The summed E-state index contributed by atoms with van der Waals surface area (Å²) in [5, 5.41) is 0. The van der Waals surface area contributed by atoms with Crippen molar-refractivity contribution >= 4 is 19.8 Å². The number of quaternary nitrogens is 1. The molecule has 0 bridgehead atoms. The number of ether oxygens (including phenoxy) is 2. The van der Waals surface area contributed by atoms with Gasteiger partial charge in [-0.2, -0.15) is 0 Å². The molecule has 0 saturated heterocycles. The first-order valence-electron chi connectivity index (χ1n) is 14.7. The number of unbranched alkanes of at least 4 members (excludes halogenated alkanes) is 14. The van der Waals surface area contributed by atoms with Crippen molar-refractivity contribution in [2.45, 2.75) is 123 Å². The molecule has 38 heavy (non-hydrogen) atoms. The van der Waals surface area contributed by atoms with Crippen molar-refractivity contribution in [1.82, 2.24) is 0 Å². The van der Waals surface area contributed by atoms with Gasteiger partial charge in [0.1, 0.15) is 19.8 Å². The van der Waals surface area contributed by atoms with Crippen molar-refractivity contribution in [2.24, 2.45) is 0 Å². The molecular weight excluding hydrogens is 509 g/mol. The highest BCUT2D eigenvalue weighted by Crippen LogP contribution is 2.43. The zero-order chi connectivity index (χ0) is 28.7. The van der Waals surface area contributed by atoms with Crippen molar-refractivity contribution in [2.75, 3.05) is 47.5 Å². The van der Waals surface area contributed by atoms with Crippen LogP contribution in [0.15, 0.2) is 0 Å². The third-order valence-electron chi connectivity index (χ3n) is 6.19. The largest absolute Gasteiger partial charge is 0.472 e. The molecule has 0 aliphatic heterocycles. The number of rotatable bonds is 26. The van der Waals surface area contributed by atoms with Crippen molar-refractivity contribution in [1.29, 1.82) is 0 Å². The maximum absolute atomic E-state index is 12.1. The van der Waals surface area contributed by atoms with Gasteiger partial charge in [-0.15, -0.1) is 0 Å². The third kappa shape index (κ3) is 26.6. The van der Waals surface area contributed by atoms with Crippen LogP contribution in [0.1, 0.15) is 117 Å². The maximum atomic E-state index is 12.1. The molecule has 0 heterocycles. The summed E-state index contributed by atoms with van der Waals surface area (Å²) in [5.41, 5.74) is 0. The molecule has 0 fully saturated rings. The van der Waals surface area contributed by atoms with Crippen LogP contribution in [0, 0.1) is 0 Å². The summed E-state index contributed by atoms with van der Waals surface area (Å²) in [4.78, 5) is 33.3. The van der Waals surface area contributed by atoms with Gasteiger partial charge in [0.15, 0.2) is 6.10 Å². The Morgan fingerprint density at radius 1 is 0.763 bits per heavy atom. The molecule has 1 unspecified atom stereocenters. The summed E-state index contributed by atoms with van der Waals surface area (Å²) in [6.45, 7) is 3.35. The minimum absolute atomic E-state index is 0.0315. The molecule has 0 rings (SSSR count). The molecule has 1 N–H and O–H groups in total. The fourth-order valence-electron chi connectivity index (χ4n) is 3.89. The zero-order valence-electron chi connectivity index (χ0n) is 24.9. The van der Waals surface area contributed by atoms with E-state index in [1.54, 1.807) is 0 Å². The van der Waals surface area contributed by atoms with E-state index in [-0.39, 0.29) is 19.2 Å². The molecule has 0 aliphatic rings. The smallest absolute Gasteiger partial charge is 0.462 e. The van der Waals surface area contributed by atoms with Gasteiger partial charge in [0.05, 0.1) is 27.7 Å². The average molecular weight is 567 g/mol. The SMILES string of the molecule is CCCCCCCCCCCCCCCCCC(=O)OC[C@H](COP(=O)(O)OCC[N+](C)(C)C)OC(C)=O. The lowest BCUT2D eigenvalue weighted by atomic mass is 10.0. The molecule has 0 aromatic rings. The van der Waals surface area contributed by atoms with Crippen LogP contribution in [0.4, 0.5) is 0 Å². The standard InChI is InChI=1S/C28H56NO8P/c1-6-7-8-9-10-11-12-13-14-15-16-17-18-19-20-21-28(31)34-24-27(37-26(2)30)25-36-38(32,33)35-23-22-29(3,4)5/h27H,6-25H2,1-5H3/p+1/t27-/m1/s1. The molecule has 0 radical (unpaired) electrons. The van der Waals surface area contributed by atoms with Crippen LogP contribution in [0.5, 0.6) is 0 Å². The number of carbonyl (C=O) groups excluding carboxylic acids is 2. The van der Waals surface area contributed by atoms with Crippen LogP contribution in [0.3, 0.4) is 0 Å². The van der Waals surface area contributed by atoms with Crippen LogP contribution in [-0.2, 0) is 32.7 Å². The zero-order valence-corrected chi connectivity index (χ0v) is 25.8. The van der Waals surface area contributed by atoms with E-state index in [0.717, 1.165) is 19.3 Å². The van der Waals surface area contributed by atoms with Gasteiger partial charge < -0.3 is 18.9 Å². The van der Waals surface area contributed by atoms with Gasteiger partial charge in [0.2, 0.25) is 0 Å². The van der Waals surface area contributed by atoms with E-state index in [1.165, 1.54) is 84.0 Å². The Bertz CT molecular complexity index is 653. The molecule has 10 heteroatoms. The average Bonchev–Trinajstić information content (AvgIpc) is 2.82. The molecule has 0 amide bonds. The number of nitrogens with zero attached hydrogens (tertiary/aromatic N) is 1. The van der Waals surface area contributed by atoms with E-state index in [9.17, 15) is 19.0 Å². The number of hydrogen-bond acceptors (Lipinski definition) is 7. The second-order valence-corrected chi connectivity index (χ2v) is 12.7. The summed E-state index contributed by atoms with van der Waals surface area (Å²) < 4.78 is 32.8. The topological polar surface area (TPSA) is 108 Å². The second-order valence-electron chi connectivity index (χ2n) is 11.2. The Balaban J connectivity index is 3.87. The highest BCUT2D eigenvalue weighted by atomic mass is 31.2. The van der Waals surface area contributed by atoms with Crippen LogP contribution in [-0.4, -0.2) is 74.9 Å². The van der Waals surface area contributed by atoms with Crippen molar-refractivity contribution in [3.05, 3.63) is 0 Å². The van der Waals surface area contributed by atoms with Crippen LogP contribution < -0.4 is 0 Å². The van der Waals surface area contributed by atoms with Gasteiger partial charge in [0.25, 0.3) is 0 Å². The Hall–Kier alpha value is -0.990. The first-order valence-corrected chi connectivity index (χ1v) is 16.2. The summed E-state index contributed by atoms with van der Waals surface area (Å²) in [7, 11) is 1.47. The Morgan fingerprint density at radius 3 is 1.68 bits per heavy atom. The van der Waals surface area contributed by atoms with Gasteiger partial charge in [0, 0.05) is 13.3 Å². The first-order chi connectivity index (χ1) is 17.9. The van der Waals surface area contributed by atoms with Gasteiger partial charge >= 0.3 is 19.8 Å². The number of carbonyl (C=O) groups is 2. The fourth-order valence-corrected chi connectivity index (χ4v) is 4.64. The predicted molar refractivity (Wildman–Crippen MR) is 151 cm³/mol. The molecule has 0 saturated carbocycles. The van der Waals surface area contributed by atoms with Gasteiger partial charge in [-0.1, -0.05) is 96.8 Å². The predicted octanol–water partition coefficient (Wildman–Crippen LogP) is 6.56. The summed E-state index contributed by atoms with van der Waals surface area (Å²) in [6.07, 6.45) is 18.1. The van der Waals surface area contributed by atoms with E-state index < -0.39 is 26.5 Å². The van der Waals surface area contributed by atoms with Crippen LogP contribution in [0.25, 0.3) is 0 Å². The van der Waals surface area contributed by atoms with Crippen molar-refractivity contribution in [3.63, 3.8) is 0 Å². The van der Waals surface area contributed by atoms with E-state index in [4.69, 9.17) is 18.5 Å². The number of hydrogen-bond donors (Lipinski definition) is 1. The molecule has 0 spiro atoms. The highest BCUT2D eigenvalue weighted by Gasteiger charge is 2.26. The van der Waals surface area contributed by atoms with E-state index in [0.29, 0.717) is 17.4 Å². The lowest BCUT2D eigenvalue weighted by molar-refractivity contribution is -0.870. The second kappa shape index (κ2) is 22.8. The third-order valence-corrected chi connectivity index (χ3v) is 7.17. The molecule has 9 nitrogen and oxygen atoms in total. The first kappa shape index (κ1) is 37.0. The minimum atomic E-state index is -4.31. The molecule has 0 aromatic carbocycles. The molecule has 0 aromatic heterocycles. The molecular formula is C28H57NO8P+. The van der Waals surface area contributed by atoms with Crippen LogP contribution >= 0.6 is 7.82 Å². The lowest BCUT2D eigenvalue weighted by Crippen LogP contribution is -2.37. The molecule has 0 aliphatic carbocycles. The van der Waals surface area contributed by atoms with Gasteiger partial charge in [-0.3, -0.25) is 18.6 Å². The van der Waals surface area contributed by atoms with Crippen LogP contribution in [0.2, 0.25) is 0 Å².